The molecule has 0 aromatic carbocycles. The van der Waals surface area contributed by atoms with Crippen LogP contribution in [0.25, 0.3) is 0 Å². The molecule has 3 nitrogen and oxygen atoms in total. The zero-order chi connectivity index (χ0) is 12.6. The van der Waals surface area contributed by atoms with Gasteiger partial charge in [-0.2, -0.15) is 0 Å². The Morgan fingerprint density at radius 2 is 2.12 bits per heavy atom. The zero-order valence-electron chi connectivity index (χ0n) is 11.0. The van der Waals surface area contributed by atoms with Crippen LogP contribution in [0.3, 0.4) is 0 Å². The number of aromatic nitrogens is 1. The van der Waals surface area contributed by atoms with Crippen LogP contribution in [-0.4, -0.2) is 23.5 Å². The van der Waals surface area contributed by atoms with Crippen LogP contribution in [0.15, 0.2) is 12.3 Å². The first-order valence-corrected chi connectivity index (χ1v) is 6.15. The SMILES string of the molecule is C[B]n1cc(C(=O)OC(C)(C)C)cc1C1CC1. The topological polar surface area (TPSA) is 31.2 Å². The highest BCUT2D eigenvalue weighted by Gasteiger charge is 2.28. The summed E-state index contributed by atoms with van der Waals surface area (Å²) in [4.78, 5) is 11.9. The van der Waals surface area contributed by atoms with Crippen molar-refractivity contribution in [2.75, 3.05) is 0 Å². The molecule has 1 radical (unpaired) electrons. The van der Waals surface area contributed by atoms with E-state index >= 15 is 0 Å². The molecule has 4 heteroatoms. The molecule has 0 bridgehead atoms. The largest absolute Gasteiger partial charge is 0.456 e. The molecule has 1 aromatic heterocycles. The molecule has 0 atom stereocenters. The van der Waals surface area contributed by atoms with Crippen LogP contribution in [0, 0.1) is 0 Å². The van der Waals surface area contributed by atoms with Crippen molar-refractivity contribution in [1.82, 2.24) is 4.48 Å². The van der Waals surface area contributed by atoms with Crippen molar-refractivity contribution in [3.63, 3.8) is 0 Å². The minimum atomic E-state index is -0.436. The van der Waals surface area contributed by atoms with Gasteiger partial charge in [-0.05, 0) is 45.6 Å². The highest BCUT2D eigenvalue weighted by Crippen LogP contribution is 2.40. The highest BCUT2D eigenvalue weighted by atomic mass is 16.6. The number of esters is 1. The maximum atomic E-state index is 11.9. The van der Waals surface area contributed by atoms with Crippen LogP contribution >= 0.6 is 0 Å². The lowest BCUT2D eigenvalue weighted by atomic mass is 9.99. The van der Waals surface area contributed by atoms with E-state index in [1.807, 2.05) is 51.8 Å². The van der Waals surface area contributed by atoms with E-state index in [1.54, 1.807) is 0 Å². The van der Waals surface area contributed by atoms with E-state index in [-0.39, 0.29) is 5.97 Å². The molecule has 0 N–H and O–H groups in total. The van der Waals surface area contributed by atoms with Crippen molar-refractivity contribution in [2.45, 2.75) is 52.0 Å². The Morgan fingerprint density at radius 1 is 1.47 bits per heavy atom. The van der Waals surface area contributed by atoms with Gasteiger partial charge in [-0.25, -0.2) is 4.79 Å². The Balaban J connectivity index is 2.18. The standard InChI is InChI=1S/C13H19BNO2/c1-13(2,3)17-12(16)10-7-11(9-5-6-9)15(8-10)14-4/h7-9H,5-6H2,1-4H3. The molecule has 1 aromatic rings. The van der Waals surface area contributed by atoms with Gasteiger partial charge in [-0.15, -0.1) is 0 Å². The predicted molar refractivity (Wildman–Crippen MR) is 68.6 cm³/mol. The van der Waals surface area contributed by atoms with Gasteiger partial charge in [0.2, 0.25) is 7.41 Å². The average Bonchev–Trinajstić information content (AvgIpc) is 2.95. The van der Waals surface area contributed by atoms with Crippen LogP contribution < -0.4 is 0 Å². The van der Waals surface area contributed by atoms with Crippen LogP contribution in [0.4, 0.5) is 0 Å². The molecule has 1 saturated carbocycles. The van der Waals surface area contributed by atoms with E-state index in [1.165, 1.54) is 18.5 Å². The van der Waals surface area contributed by atoms with Crippen molar-refractivity contribution >= 4 is 13.4 Å². The fourth-order valence-electron chi connectivity index (χ4n) is 1.88. The van der Waals surface area contributed by atoms with E-state index in [9.17, 15) is 4.79 Å². The van der Waals surface area contributed by atoms with E-state index in [2.05, 4.69) is 0 Å². The number of nitrogens with zero attached hydrogens (tertiary/aromatic N) is 1. The lowest BCUT2D eigenvalue weighted by molar-refractivity contribution is 0.00697. The molecule has 0 aliphatic heterocycles. The van der Waals surface area contributed by atoms with Gasteiger partial charge in [-0.3, -0.25) is 0 Å². The first-order chi connectivity index (χ1) is 7.90. The first kappa shape index (κ1) is 12.3. The predicted octanol–water partition coefficient (Wildman–Crippen LogP) is 2.84. The highest BCUT2D eigenvalue weighted by molar-refractivity contribution is 6.32. The normalized spacial score (nSPS) is 15.8. The molecular formula is C13H19BNO2. The van der Waals surface area contributed by atoms with Gasteiger partial charge >= 0.3 is 5.97 Å². The summed E-state index contributed by atoms with van der Waals surface area (Å²) in [5, 5.41) is 0. The van der Waals surface area contributed by atoms with E-state index in [0.717, 1.165) is 0 Å². The van der Waals surface area contributed by atoms with Gasteiger partial charge in [0.1, 0.15) is 5.60 Å². The molecule has 0 amide bonds. The molecule has 1 fully saturated rings. The van der Waals surface area contributed by atoms with E-state index in [4.69, 9.17) is 4.74 Å². The van der Waals surface area contributed by atoms with Crippen LogP contribution in [0.1, 0.15) is 55.6 Å². The molecule has 2 rings (SSSR count). The molecule has 0 saturated heterocycles. The quantitative estimate of drug-likeness (QED) is 0.592. The molecule has 91 valence electrons. The third-order valence-electron chi connectivity index (χ3n) is 2.79. The van der Waals surface area contributed by atoms with Gasteiger partial charge in [0.05, 0.1) is 5.56 Å². The molecule has 17 heavy (non-hydrogen) atoms. The number of ether oxygens (including phenoxy) is 1. The summed E-state index contributed by atoms with van der Waals surface area (Å²) in [6.07, 6.45) is 4.32. The zero-order valence-corrected chi connectivity index (χ0v) is 11.0. The minimum Gasteiger partial charge on any atom is -0.456 e. The summed E-state index contributed by atoms with van der Waals surface area (Å²) < 4.78 is 7.41. The summed E-state index contributed by atoms with van der Waals surface area (Å²) in [6, 6.07) is 1.96. The second kappa shape index (κ2) is 4.24. The van der Waals surface area contributed by atoms with Crippen molar-refractivity contribution < 1.29 is 9.53 Å². The third kappa shape index (κ3) is 2.93. The van der Waals surface area contributed by atoms with Crippen LogP contribution in [0.5, 0.6) is 0 Å². The van der Waals surface area contributed by atoms with E-state index in [0.29, 0.717) is 11.5 Å². The average molecular weight is 232 g/mol. The van der Waals surface area contributed by atoms with Crippen molar-refractivity contribution in [3.05, 3.63) is 23.5 Å². The van der Waals surface area contributed by atoms with Gasteiger partial charge in [0.15, 0.2) is 0 Å². The Bertz CT molecular complexity index is 427. The molecule has 1 aliphatic carbocycles. The second-order valence-electron chi connectivity index (χ2n) is 5.60. The minimum absolute atomic E-state index is 0.236. The van der Waals surface area contributed by atoms with Gasteiger partial charge in [-0.1, -0.05) is 6.82 Å². The Morgan fingerprint density at radius 3 is 2.59 bits per heavy atom. The summed E-state index contributed by atoms with van der Waals surface area (Å²) in [5.41, 5.74) is 1.45. The lowest BCUT2D eigenvalue weighted by Gasteiger charge is -2.18. The maximum absolute atomic E-state index is 11.9. The smallest absolute Gasteiger partial charge is 0.340 e. The van der Waals surface area contributed by atoms with Crippen LogP contribution in [0.2, 0.25) is 6.82 Å². The fraction of sp³-hybridized carbons (Fsp3) is 0.615. The third-order valence-corrected chi connectivity index (χ3v) is 2.79. The number of carbonyl (C=O) groups excluding carboxylic acids is 1. The maximum Gasteiger partial charge on any atom is 0.340 e. The van der Waals surface area contributed by atoms with E-state index < -0.39 is 5.60 Å². The monoisotopic (exact) mass is 232 g/mol. The molecule has 0 unspecified atom stereocenters. The second-order valence-corrected chi connectivity index (χ2v) is 5.60. The van der Waals surface area contributed by atoms with Crippen LogP contribution in [-0.2, 0) is 4.74 Å². The van der Waals surface area contributed by atoms with Gasteiger partial charge in [0.25, 0.3) is 0 Å². The summed E-state index contributed by atoms with van der Waals surface area (Å²) in [6.45, 7) is 7.63. The molecular weight excluding hydrogens is 213 g/mol. The number of hydrogen-bond acceptors (Lipinski definition) is 2. The summed E-state index contributed by atoms with van der Waals surface area (Å²) in [7, 11) is 1.99. The Kier molecular flexibility index (Phi) is 3.06. The Hall–Kier alpha value is -1.19. The molecule has 1 heterocycles. The summed E-state index contributed by atoms with van der Waals surface area (Å²) in [5.74, 6) is 0.391. The Labute approximate surface area is 103 Å². The van der Waals surface area contributed by atoms with Crippen molar-refractivity contribution in [3.8, 4) is 0 Å². The molecule has 1 aliphatic rings. The summed E-state index contributed by atoms with van der Waals surface area (Å²) >= 11 is 0. The fourth-order valence-corrected chi connectivity index (χ4v) is 1.88. The lowest BCUT2D eigenvalue weighted by Crippen LogP contribution is -2.23. The molecule has 0 spiro atoms. The first-order valence-electron chi connectivity index (χ1n) is 6.15. The van der Waals surface area contributed by atoms with Crippen molar-refractivity contribution in [1.29, 1.82) is 0 Å². The number of hydrogen-bond donors (Lipinski definition) is 0. The van der Waals surface area contributed by atoms with Crippen molar-refractivity contribution in [2.24, 2.45) is 0 Å². The van der Waals surface area contributed by atoms with Gasteiger partial charge in [0, 0.05) is 11.9 Å². The number of rotatable bonds is 3. The van der Waals surface area contributed by atoms with Gasteiger partial charge < -0.3 is 9.21 Å². The number of carbonyl (C=O) groups is 1.